The molecule has 0 saturated carbocycles. The minimum atomic E-state index is -4.90. The summed E-state index contributed by atoms with van der Waals surface area (Å²) in [5.41, 5.74) is -0.896. The quantitative estimate of drug-likeness (QED) is 0.630. The van der Waals surface area contributed by atoms with Gasteiger partial charge in [-0.3, -0.25) is 0 Å². The number of alkyl halides is 3. The van der Waals surface area contributed by atoms with Gasteiger partial charge in [0.2, 0.25) is 5.95 Å². The average Bonchev–Trinajstić information content (AvgIpc) is 2.06. The molecule has 1 heterocycles. The van der Waals surface area contributed by atoms with E-state index in [1.807, 2.05) is 0 Å². The van der Waals surface area contributed by atoms with E-state index in [9.17, 15) is 17.6 Å². The molecule has 0 fully saturated rings. The largest absolute Gasteiger partial charge is 0.418 e. The molecule has 0 spiro atoms. The van der Waals surface area contributed by atoms with Crippen LogP contribution >= 0.6 is 15.9 Å². The molecule has 1 rings (SSSR count). The van der Waals surface area contributed by atoms with Crippen molar-refractivity contribution in [3.8, 4) is 0 Å². The topological polar surface area (TPSA) is 33.1 Å². The van der Waals surface area contributed by atoms with Gasteiger partial charge in [0.1, 0.15) is 0 Å². The van der Waals surface area contributed by atoms with Crippen molar-refractivity contribution < 1.29 is 22.7 Å². The lowest BCUT2D eigenvalue weighted by Crippen LogP contribution is -2.21. The second kappa shape index (κ2) is 3.82. The molecule has 0 unspecified atom stereocenters. The fraction of sp³-hybridized carbons (Fsp3) is 0.286. The third-order valence-electron chi connectivity index (χ3n) is 1.44. The van der Waals surface area contributed by atoms with Gasteiger partial charge in [0.25, 0.3) is 0 Å². The molecule has 0 amide bonds. The molecule has 14 heavy (non-hydrogen) atoms. The first kappa shape index (κ1) is 11.4. The first-order valence-electron chi connectivity index (χ1n) is 3.38. The number of aliphatic hydroxyl groups excluding tert-OH is 1. The molecule has 1 aromatic rings. The lowest BCUT2D eigenvalue weighted by atomic mass is 10.1. The van der Waals surface area contributed by atoms with Crippen molar-refractivity contribution in [1.82, 2.24) is 4.98 Å². The van der Waals surface area contributed by atoms with Crippen LogP contribution in [0.2, 0.25) is 0 Å². The number of halogens is 5. The van der Waals surface area contributed by atoms with E-state index in [1.54, 1.807) is 0 Å². The van der Waals surface area contributed by atoms with E-state index in [2.05, 4.69) is 20.9 Å². The maximum absolute atomic E-state index is 12.8. The van der Waals surface area contributed by atoms with Crippen LogP contribution in [0.15, 0.2) is 16.7 Å². The molecule has 1 N–H and O–H groups in total. The summed E-state index contributed by atoms with van der Waals surface area (Å²) in [6, 6.07) is 0.834. The van der Waals surface area contributed by atoms with Gasteiger partial charge in [-0.05, 0) is 22.0 Å². The molecule has 2 nitrogen and oxygen atoms in total. The molecular formula is C7H4BrF4NO. The lowest BCUT2D eigenvalue weighted by Gasteiger charge is -2.14. The van der Waals surface area contributed by atoms with Crippen molar-refractivity contribution in [2.24, 2.45) is 0 Å². The highest BCUT2D eigenvalue weighted by Crippen LogP contribution is 2.33. The minimum absolute atomic E-state index is 0.164. The highest BCUT2D eigenvalue weighted by atomic mass is 79.9. The van der Waals surface area contributed by atoms with Crippen molar-refractivity contribution in [2.45, 2.75) is 12.3 Å². The average molecular weight is 274 g/mol. The summed E-state index contributed by atoms with van der Waals surface area (Å²) < 4.78 is 48.9. The smallest absolute Gasteiger partial charge is 0.379 e. The number of hydrogen-bond donors (Lipinski definition) is 1. The molecule has 0 aliphatic carbocycles. The lowest BCUT2D eigenvalue weighted by molar-refractivity contribution is -0.207. The van der Waals surface area contributed by atoms with Gasteiger partial charge in [-0.1, -0.05) is 0 Å². The summed E-state index contributed by atoms with van der Waals surface area (Å²) in [6.45, 7) is 0. The Kier molecular flexibility index (Phi) is 3.10. The van der Waals surface area contributed by atoms with E-state index in [-0.39, 0.29) is 4.47 Å². The Morgan fingerprint density at radius 2 is 2.00 bits per heavy atom. The Bertz CT molecular complexity index is 341. The Balaban J connectivity index is 3.12. The van der Waals surface area contributed by atoms with Gasteiger partial charge < -0.3 is 5.11 Å². The fourth-order valence-corrected chi connectivity index (χ4v) is 1.16. The van der Waals surface area contributed by atoms with Crippen LogP contribution in [0.25, 0.3) is 0 Å². The second-order valence-corrected chi connectivity index (χ2v) is 3.39. The number of rotatable bonds is 1. The number of aliphatic hydroxyl groups is 1. The van der Waals surface area contributed by atoms with Gasteiger partial charge >= 0.3 is 6.18 Å². The summed E-state index contributed by atoms with van der Waals surface area (Å²) in [4.78, 5) is 3.04. The second-order valence-electron chi connectivity index (χ2n) is 2.48. The summed E-state index contributed by atoms with van der Waals surface area (Å²) in [7, 11) is 0. The van der Waals surface area contributed by atoms with E-state index in [0.717, 1.165) is 12.3 Å². The Labute approximate surface area is 84.7 Å². The maximum Gasteiger partial charge on any atom is 0.418 e. The molecule has 78 valence electrons. The number of hydrogen-bond acceptors (Lipinski definition) is 2. The zero-order valence-corrected chi connectivity index (χ0v) is 8.10. The van der Waals surface area contributed by atoms with Gasteiger partial charge in [0, 0.05) is 16.2 Å². The van der Waals surface area contributed by atoms with E-state index >= 15 is 0 Å². The van der Waals surface area contributed by atoms with Crippen molar-refractivity contribution in [3.05, 3.63) is 28.2 Å². The number of nitrogens with zero attached hydrogens (tertiary/aromatic N) is 1. The van der Waals surface area contributed by atoms with Crippen LogP contribution in [0.1, 0.15) is 11.7 Å². The summed E-state index contributed by atoms with van der Waals surface area (Å²) >= 11 is 2.82. The van der Waals surface area contributed by atoms with Crippen LogP contribution < -0.4 is 0 Å². The first-order valence-corrected chi connectivity index (χ1v) is 4.17. The van der Waals surface area contributed by atoms with Gasteiger partial charge in [-0.25, -0.2) is 4.98 Å². The van der Waals surface area contributed by atoms with Crippen LogP contribution in [0, 0.1) is 5.95 Å². The molecule has 0 bridgehead atoms. The summed E-state index contributed by atoms with van der Waals surface area (Å²) in [6.07, 6.45) is -6.75. The van der Waals surface area contributed by atoms with E-state index in [0.29, 0.717) is 0 Å². The minimum Gasteiger partial charge on any atom is -0.379 e. The molecule has 0 aliphatic heterocycles. The van der Waals surface area contributed by atoms with E-state index < -0.39 is 23.8 Å². The molecular weight excluding hydrogens is 270 g/mol. The van der Waals surface area contributed by atoms with Crippen molar-refractivity contribution in [3.63, 3.8) is 0 Å². The zero-order chi connectivity index (χ0) is 10.9. The summed E-state index contributed by atoms with van der Waals surface area (Å²) in [5, 5.41) is 8.74. The fourth-order valence-electron chi connectivity index (χ4n) is 0.806. The third kappa shape index (κ3) is 2.42. The molecule has 0 radical (unpaired) electrons. The highest BCUT2D eigenvalue weighted by molar-refractivity contribution is 9.10. The van der Waals surface area contributed by atoms with Gasteiger partial charge in [-0.15, -0.1) is 0 Å². The van der Waals surface area contributed by atoms with Crippen LogP contribution in [-0.4, -0.2) is 16.3 Å². The summed E-state index contributed by atoms with van der Waals surface area (Å²) in [5.74, 6) is -1.34. The van der Waals surface area contributed by atoms with Crippen molar-refractivity contribution in [1.29, 1.82) is 0 Å². The number of pyridine rings is 1. The van der Waals surface area contributed by atoms with Crippen LogP contribution in [0.3, 0.4) is 0 Å². The normalized spacial score (nSPS) is 14.1. The molecule has 1 aromatic heterocycles. The Morgan fingerprint density at radius 1 is 1.43 bits per heavy atom. The highest BCUT2D eigenvalue weighted by Gasteiger charge is 2.41. The van der Waals surface area contributed by atoms with Crippen LogP contribution in [0.5, 0.6) is 0 Å². The predicted octanol–water partition coefficient (Wildman–Crippen LogP) is 2.58. The SMILES string of the molecule is O[C@H](c1cc(Br)cnc1F)C(F)(F)F. The van der Waals surface area contributed by atoms with E-state index in [1.165, 1.54) is 0 Å². The molecule has 7 heteroatoms. The maximum atomic E-state index is 12.8. The third-order valence-corrected chi connectivity index (χ3v) is 1.87. The van der Waals surface area contributed by atoms with Gasteiger partial charge in [-0.2, -0.15) is 17.6 Å². The van der Waals surface area contributed by atoms with Gasteiger partial charge in [0.15, 0.2) is 6.10 Å². The van der Waals surface area contributed by atoms with Crippen LogP contribution in [0.4, 0.5) is 17.6 Å². The standard InChI is InChI=1S/C7H4BrF4NO/c8-3-1-4(6(9)13-2-3)5(14)7(10,11)12/h1-2,5,14H/t5-/m1/s1. The van der Waals surface area contributed by atoms with Gasteiger partial charge in [0.05, 0.1) is 0 Å². The molecule has 1 atom stereocenters. The first-order chi connectivity index (χ1) is 6.32. The molecule has 0 aromatic carbocycles. The Morgan fingerprint density at radius 3 is 2.50 bits per heavy atom. The van der Waals surface area contributed by atoms with Crippen LogP contribution in [-0.2, 0) is 0 Å². The molecule has 0 saturated heterocycles. The van der Waals surface area contributed by atoms with Crippen molar-refractivity contribution >= 4 is 15.9 Å². The monoisotopic (exact) mass is 273 g/mol. The number of aromatic nitrogens is 1. The van der Waals surface area contributed by atoms with Crippen molar-refractivity contribution in [2.75, 3.05) is 0 Å². The molecule has 0 aliphatic rings. The van der Waals surface area contributed by atoms with E-state index in [4.69, 9.17) is 5.11 Å². The zero-order valence-electron chi connectivity index (χ0n) is 6.52. The Hall–Kier alpha value is -0.690. The predicted molar refractivity (Wildman–Crippen MR) is 42.9 cm³/mol.